The van der Waals surface area contributed by atoms with E-state index < -0.39 is 12.1 Å². The molecule has 0 aromatic heterocycles. The van der Waals surface area contributed by atoms with Crippen molar-refractivity contribution in [2.45, 2.75) is 328 Å². The van der Waals surface area contributed by atoms with Crippen LogP contribution in [0.3, 0.4) is 0 Å². The maximum atomic E-state index is 12.5. The van der Waals surface area contributed by atoms with E-state index >= 15 is 0 Å². The maximum absolute atomic E-state index is 12.5. The van der Waals surface area contributed by atoms with Gasteiger partial charge in [-0.25, -0.2) is 0 Å². The van der Waals surface area contributed by atoms with Crippen molar-refractivity contribution in [3.63, 3.8) is 0 Å². The quantitative estimate of drug-likeness (QED) is 0.0321. The summed E-state index contributed by atoms with van der Waals surface area (Å²) < 4.78 is 5.44. The molecule has 0 radical (unpaired) electrons. The molecule has 65 heavy (non-hydrogen) atoms. The van der Waals surface area contributed by atoms with Crippen molar-refractivity contribution in [1.29, 1.82) is 0 Å². The fourth-order valence-corrected chi connectivity index (χ4v) is 8.97. The average Bonchev–Trinajstić information content (AvgIpc) is 3.31. The first-order chi connectivity index (χ1) is 32.0. The highest BCUT2D eigenvalue weighted by Crippen LogP contribution is 2.17. The molecule has 0 rings (SSSR count). The number of carbonyl (C=O) groups excluding carboxylic acids is 2. The number of amides is 1. The van der Waals surface area contributed by atoms with E-state index in [1.165, 1.54) is 231 Å². The molecule has 0 fully saturated rings. The van der Waals surface area contributed by atoms with Gasteiger partial charge in [0.05, 0.1) is 25.4 Å². The molecule has 0 saturated carbocycles. The van der Waals surface area contributed by atoms with Gasteiger partial charge >= 0.3 is 5.97 Å². The first-order valence-corrected chi connectivity index (χ1v) is 29.1. The summed E-state index contributed by atoms with van der Waals surface area (Å²) in [6, 6.07) is -0.638. The Morgan fingerprint density at radius 1 is 0.415 bits per heavy atom. The molecule has 0 bridgehead atoms. The smallest absolute Gasteiger partial charge is 0.305 e. The summed E-state index contributed by atoms with van der Waals surface area (Å²) in [5.74, 6) is -0.0958. The van der Waals surface area contributed by atoms with Gasteiger partial charge in [-0.1, -0.05) is 276 Å². The van der Waals surface area contributed by atoms with Crippen molar-refractivity contribution in [1.82, 2.24) is 5.32 Å². The molecule has 0 saturated heterocycles. The van der Waals surface area contributed by atoms with Crippen LogP contribution in [0.5, 0.6) is 0 Å². The van der Waals surface area contributed by atoms with Crippen molar-refractivity contribution < 1.29 is 24.5 Å². The number of carbonyl (C=O) groups is 2. The number of rotatable bonds is 54. The van der Waals surface area contributed by atoms with Gasteiger partial charge in [-0.05, 0) is 51.4 Å². The fourth-order valence-electron chi connectivity index (χ4n) is 8.97. The van der Waals surface area contributed by atoms with Crippen LogP contribution < -0.4 is 5.32 Å². The van der Waals surface area contributed by atoms with E-state index in [1.54, 1.807) is 6.08 Å². The number of allylic oxidation sites excluding steroid dienone is 3. The summed E-state index contributed by atoms with van der Waals surface area (Å²) in [7, 11) is 0. The van der Waals surface area contributed by atoms with E-state index in [4.69, 9.17) is 4.74 Å². The van der Waals surface area contributed by atoms with Crippen molar-refractivity contribution in [2.75, 3.05) is 13.2 Å². The van der Waals surface area contributed by atoms with Crippen LogP contribution in [0.1, 0.15) is 316 Å². The van der Waals surface area contributed by atoms with Crippen LogP contribution in [0.2, 0.25) is 0 Å². The van der Waals surface area contributed by atoms with Gasteiger partial charge in [-0.3, -0.25) is 9.59 Å². The Kier molecular flexibility index (Phi) is 53.5. The summed E-state index contributed by atoms with van der Waals surface area (Å²) >= 11 is 0. The van der Waals surface area contributed by atoms with Crippen LogP contribution in [-0.4, -0.2) is 47.4 Å². The van der Waals surface area contributed by atoms with Gasteiger partial charge in [-0.2, -0.15) is 0 Å². The summed E-state index contributed by atoms with van der Waals surface area (Å²) in [5.41, 5.74) is 0. The lowest BCUT2D eigenvalue weighted by atomic mass is 10.0. The molecule has 0 spiro atoms. The van der Waals surface area contributed by atoms with Crippen LogP contribution in [0.15, 0.2) is 24.3 Å². The summed E-state index contributed by atoms with van der Waals surface area (Å²) in [4.78, 5) is 24.5. The van der Waals surface area contributed by atoms with Gasteiger partial charge in [0.25, 0.3) is 0 Å². The van der Waals surface area contributed by atoms with Crippen LogP contribution in [0.4, 0.5) is 0 Å². The lowest BCUT2D eigenvalue weighted by molar-refractivity contribution is -0.143. The zero-order valence-electron chi connectivity index (χ0n) is 43.7. The Balaban J connectivity index is 3.49. The third-order valence-electron chi connectivity index (χ3n) is 13.5. The Hall–Kier alpha value is -1.66. The number of hydrogen-bond acceptors (Lipinski definition) is 5. The summed E-state index contributed by atoms with van der Waals surface area (Å²) in [6.07, 6.45) is 66.3. The highest BCUT2D eigenvalue weighted by atomic mass is 16.5. The van der Waals surface area contributed by atoms with Gasteiger partial charge in [0.15, 0.2) is 0 Å². The molecule has 0 aliphatic carbocycles. The highest BCUT2D eigenvalue weighted by Gasteiger charge is 2.18. The van der Waals surface area contributed by atoms with Crippen molar-refractivity contribution in [3.8, 4) is 0 Å². The molecule has 2 atom stereocenters. The Labute approximate surface area is 405 Å². The van der Waals surface area contributed by atoms with Crippen LogP contribution in [-0.2, 0) is 14.3 Å². The zero-order chi connectivity index (χ0) is 47.2. The lowest BCUT2D eigenvalue weighted by Gasteiger charge is -2.20. The Bertz CT molecular complexity index is 1010. The minimum atomic E-state index is -0.854. The molecule has 0 aromatic rings. The first-order valence-electron chi connectivity index (χ1n) is 29.1. The minimum absolute atomic E-state index is 0.0174. The van der Waals surface area contributed by atoms with E-state index in [0.29, 0.717) is 19.4 Å². The number of hydrogen-bond donors (Lipinski definition) is 3. The zero-order valence-corrected chi connectivity index (χ0v) is 43.7. The monoisotopic (exact) mass is 916 g/mol. The number of aliphatic hydroxyl groups excluding tert-OH is 2. The van der Waals surface area contributed by atoms with Crippen LogP contribution in [0, 0.1) is 0 Å². The molecule has 3 N–H and O–H groups in total. The third kappa shape index (κ3) is 51.6. The number of esters is 1. The lowest BCUT2D eigenvalue weighted by Crippen LogP contribution is -2.45. The summed E-state index contributed by atoms with van der Waals surface area (Å²) in [6.45, 7) is 4.85. The molecule has 2 unspecified atom stereocenters. The molecule has 0 aliphatic heterocycles. The van der Waals surface area contributed by atoms with Crippen molar-refractivity contribution in [3.05, 3.63) is 24.3 Å². The standard InChI is InChI=1S/C59H113NO5/c1-3-5-7-9-11-13-15-16-17-18-19-20-21-22-23-24-25-26-28-32-35-39-43-47-51-57(62)56(55-61)60-58(63)52-48-44-40-36-33-29-27-30-34-38-42-46-50-54-65-59(64)53-49-45-41-37-31-14-12-10-8-6-4-2/h10,12,47,51,56-57,61-62H,3-9,11,13-46,48-50,52-55H2,1-2H3,(H,60,63)/b12-10-,51-47+. The van der Waals surface area contributed by atoms with E-state index in [1.807, 2.05) is 6.08 Å². The predicted molar refractivity (Wildman–Crippen MR) is 283 cm³/mol. The van der Waals surface area contributed by atoms with Gasteiger partial charge in [0.1, 0.15) is 0 Å². The number of aliphatic hydroxyl groups is 2. The molecule has 1 amide bonds. The van der Waals surface area contributed by atoms with Crippen LogP contribution >= 0.6 is 0 Å². The molecular formula is C59H113NO5. The van der Waals surface area contributed by atoms with Gasteiger partial charge in [-0.15, -0.1) is 0 Å². The fraction of sp³-hybridized carbons (Fsp3) is 0.898. The van der Waals surface area contributed by atoms with E-state index in [0.717, 1.165) is 57.8 Å². The number of unbranched alkanes of at least 4 members (excludes halogenated alkanes) is 41. The van der Waals surface area contributed by atoms with Crippen LogP contribution in [0.25, 0.3) is 0 Å². The first kappa shape index (κ1) is 63.3. The highest BCUT2D eigenvalue weighted by molar-refractivity contribution is 5.76. The van der Waals surface area contributed by atoms with Crippen molar-refractivity contribution >= 4 is 11.9 Å². The molecule has 6 heteroatoms. The van der Waals surface area contributed by atoms with Crippen molar-refractivity contribution in [2.24, 2.45) is 0 Å². The van der Waals surface area contributed by atoms with E-state index in [2.05, 4.69) is 31.3 Å². The Morgan fingerprint density at radius 3 is 1.14 bits per heavy atom. The second-order valence-electron chi connectivity index (χ2n) is 20.0. The summed E-state index contributed by atoms with van der Waals surface area (Å²) in [5, 5.41) is 23.2. The van der Waals surface area contributed by atoms with E-state index in [9.17, 15) is 19.8 Å². The second-order valence-corrected chi connectivity index (χ2v) is 20.0. The maximum Gasteiger partial charge on any atom is 0.305 e. The molecule has 6 nitrogen and oxygen atoms in total. The average molecular weight is 917 g/mol. The molecule has 0 aliphatic rings. The van der Waals surface area contributed by atoms with Gasteiger partial charge in [0.2, 0.25) is 5.91 Å². The normalized spacial score (nSPS) is 12.7. The molecular weight excluding hydrogens is 803 g/mol. The third-order valence-corrected chi connectivity index (χ3v) is 13.5. The Morgan fingerprint density at radius 2 is 0.738 bits per heavy atom. The number of ether oxygens (including phenoxy) is 1. The second kappa shape index (κ2) is 54.9. The van der Waals surface area contributed by atoms with E-state index in [-0.39, 0.29) is 18.5 Å². The predicted octanol–water partition coefficient (Wildman–Crippen LogP) is 17.9. The van der Waals surface area contributed by atoms with Gasteiger partial charge in [0, 0.05) is 12.8 Å². The number of nitrogens with one attached hydrogen (secondary N) is 1. The largest absolute Gasteiger partial charge is 0.466 e. The SMILES string of the molecule is CCCC/C=C\CCCCCCCC(=O)OCCCCCCCCCCCCCCCC(=O)NC(CO)C(O)/C=C/CCCCCCCCCCCCCCCCCCCCCCCC. The minimum Gasteiger partial charge on any atom is -0.466 e. The topological polar surface area (TPSA) is 95.9 Å². The molecule has 384 valence electrons. The molecule has 0 aromatic carbocycles. The van der Waals surface area contributed by atoms with Gasteiger partial charge < -0.3 is 20.3 Å². The molecule has 0 heterocycles.